The van der Waals surface area contributed by atoms with Gasteiger partial charge in [0.1, 0.15) is 6.23 Å². The van der Waals surface area contributed by atoms with Crippen molar-refractivity contribution >= 4 is 0 Å². The first-order chi connectivity index (χ1) is 3.31. The fraction of sp³-hybridized carbons (Fsp3) is 1.00. The third-order valence-electron chi connectivity index (χ3n) is 0.823. The van der Waals surface area contributed by atoms with E-state index in [0.29, 0.717) is 0 Å². The summed E-state index contributed by atoms with van der Waals surface area (Å²) >= 11 is 0. The van der Waals surface area contributed by atoms with Crippen LogP contribution in [0.3, 0.4) is 0 Å². The minimum Gasteiger partial charge on any atom is -0.364 e. The van der Waals surface area contributed by atoms with Crippen LogP contribution < -0.4 is 5.32 Å². The Hall–Kier alpha value is -0.0800. The second kappa shape index (κ2) is 4.09. The molecule has 0 heterocycles. The topological polar surface area (TPSA) is 21.3 Å². The maximum absolute atomic E-state index is 5.08. The van der Waals surface area contributed by atoms with Crippen molar-refractivity contribution in [1.29, 1.82) is 0 Å². The predicted octanol–water partition coefficient (Wildman–Crippen LogP) is 0.588. The molecule has 0 saturated heterocycles. The van der Waals surface area contributed by atoms with Crippen LogP contribution >= 0.6 is 0 Å². The van der Waals surface area contributed by atoms with Crippen LogP contribution in [0.1, 0.15) is 13.8 Å². The number of ether oxygens (including phenoxy) is 1. The highest BCUT2D eigenvalue weighted by Crippen LogP contribution is 1.79. The molecule has 0 saturated carbocycles. The molecule has 0 aromatic carbocycles. The van der Waals surface area contributed by atoms with E-state index in [-0.39, 0.29) is 6.23 Å². The minimum absolute atomic E-state index is 0.199. The Labute approximate surface area is 44.9 Å². The summed E-state index contributed by atoms with van der Waals surface area (Å²) < 4.78 is 5.08. The lowest BCUT2D eigenvalue weighted by atomic mass is 10.6. The summed E-state index contributed by atoms with van der Waals surface area (Å²) in [6, 6.07) is 0. The fourth-order valence-electron chi connectivity index (χ4n) is 0.333. The van der Waals surface area contributed by atoms with Crippen molar-refractivity contribution in [1.82, 2.24) is 5.32 Å². The van der Waals surface area contributed by atoms with Gasteiger partial charge in [0.05, 0.1) is 0 Å². The standard InChI is InChI=1S/C5H13NO/c1-4-7-5(2)6-3/h5-6H,4H2,1-3H3. The van der Waals surface area contributed by atoms with Crippen molar-refractivity contribution < 1.29 is 4.74 Å². The molecule has 2 heteroatoms. The molecule has 2 nitrogen and oxygen atoms in total. The summed E-state index contributed by atoms with van der Waals surface area (Å²) in [5.41, 5.74) is 0. The van der Waals surface area contributed by atoms with Crippen molar-refractivity contribution in [3.63, 3.8) is 0 Å². The second-order valence-corrected chi connectivity index (χ2v) is 1.39. The third-order valence-corrected chi connectivity index (χ3v) is 0.823. The van der Waals surface area contributed by atoms with Crippen LogP contribution in [-0.2, 0) is 4.74 Å². The van der Waals surface area contributed by atoms with Crippen LogP contribution in [0.25, 0.3) is 0 Å². The smallest absolute Gasteiger partial charge is 0.105 e. The van der Waals surface area contributed by atoms with E-state index < -0.39 is 0 Å². The van der Waals surface area contributed by atoms with Gasteiger partial charge in [-0.2, -0.15) is 0 Å². The zero-order valence-electron chi connectivity index (χ0n) is 5.19. The van der Waals surface area contributed by atoms with E-state index in [2.05, 4.69) is 5.32 Å². The number of hydrogen-bond acceptors (Lipinski definition) is 2. The molecule has 0 bridgehead atoms. The SMILES string of the molecule is CCOC(C)NC. The molecular weight excluding hydrogens is 90.1 g/mol. The monoisotopic (exact) mass is 103 g/mol. The van der Waals surface area contributed by atoms with Gasteiger partial charge in [-0.05, 0) is 20.9 Å². The molecule has 1 unspecified atom stereocenters. The van der Waals surface area contributed by atoms with E-state index in [4.69, 9.17) is 4.74 Å². The van der Waals surface area contributed by atoms with Crippen molar-refractivity contribution in [2.45, 2.75) is 20.1 Å². The summed E-state index contributed by atoms with van der Waals surface area (Å²) in [6.45, 7) is 4.74. The van der Waals surface area contributed by atoms with Gasteiger partial charge in [0.2, 0.25) is 0 Å². The lowest BCUT2D eigenvalue weighted by molar-refractivity contribution is 0.0578. The van der Waals surface area contributed by atoms with Gasteiger partial charge in [0.15, 0.2) is 0 Å². The molecule has 0 aromatic rings. The van der Waals surface area contributed by atoms with Gasteiger partial charge in [-0.25, -0.2) is 0 Å². The van der Waals surface area contributed by atoms with Crippen molar-refractivity contribution in [3.05, 3.63) is 0 Å². The maximum atomic E-state index is 5.08. The highest BCUT2D eigenvalue weighted by Gasteiger charge is 1.90. The second-order valence-electron chi connectivity index (χ2n) is 1.39. The van der Waals surface area contributed by atoms with Gasteiger partial charge in [-0.1, -0.05) is 0 Å². The lowest BCUT2D eigenvalue weighted by Crippen LogP contribution is -2.24. The molecule has 0 aliphatic carbocycles. The summed E-state index contributed by atoms with van der Waals surface area (Å²) in [7, 11) is 1.88. The minimum atomic E-state index is 0.199. The van der Waals surface area contributed by atoms with Crippen molar-refractivity contribution in [2.75, 3.05) is 13.7 Å². The molecule has 0 amide bonds. The van der Waals surface area contributed by atoms with Gasteiger partial charge in [-0.3, -0.25) is 5.32 Å². The maximum Gasteiger partial charge on any atom is 0.105 e. The summed E-state index contributed by atoms with van der Waals surface area (Å²) in [5.74, 6) is 0. The third kappa shape index (κ3) is 3.76. The van der Waals surface area contributed by atoms with Crippen LogP contribution in [0, 0.1) is 0 Å². The van der Waals surface area contributed by atoms with E-state index >= 15 is 0 Å². The molecule has 1 atom stereocenters. The van der Waals surface area contributed by atoms with Gasteiger partial charge in [0, 0.05) is 6.61 Å². The van der Waals surface area contributed by atoms with Crippen LogP contribution in [0.4, 0.5) is 0 Å². The molecule has 0 aliphatic heterocycles. The Bertz CT molecular complexity index is 39.1. The summed E-state index contributed by atoms with van der Waals surface area (Å²) in [4.78, 5) is 0. The number of nitrogens with one attached hydrogen (secondary N) is 1. The van der Waals surface area contributed by atoms with Gasteiger partial charge in [0.25, 0.3) is 0 Å². The zero-order valence-corrected chi connectivity index (χ0v) is 5.19. The van der Waals surface area contributed by atoms with Gasteiger partial charge >= 0.3 is 0 Å². The molecule has 0 radical (unpaired) electrons. The Balaban J connectivity index is 2.83. The van der Waals surface area contributed by atoms with Gasteiger partial charge in [-0.15, -0.1) is 0 Å². The van der Waals surface area contributed by atoms with Crippen LogP contribution in [0.5, 0.6) is 0 Å². The zero-order chi connectivity index (χ0) is 5.70. The molecule has 0 rings (SSSR count). The quantitative estimate of drug-likeness (QED) is 0.528. The molecule has 0 fully saturated rings. The van der Waals surface area contributed by atoms with Crippen molar-refractivity contribution in [3.8, 4) is 0 Å². The molecule has 1 N–H and O–H groups in total. The fourth-order valence-corrected chi connectivity index (χ4v) is 0.333. The average molecular weight is 103 g/mol. The molecule has 7 heavy (non-hydrogen) atoms. The first-order valence-electron chi connectivity index (χ1n) is 2.60. The summed E-state index contributed by atoms with van der Waals surface area (Å²) in [6.07, 6.45) is 0.199. The Morgan fingerprint density at radius 3 is 2.43 bits per heavy atom. The summed E-state index contributed by atoms with van der Waals surface area (Å²) in [5, 5.41) is 2.94. The highest BCUT2D eigenvalue weighted by molar-refractivity contribution is 4.35. The Kier molecular flexibility index (Phi) is 4.04. The molecule has 0 aliphatic rings. The molecular formula is C5H13NO. The Morgan fingerprint density at radius 1 is 1.71 bits per heavy atom. The molecule has 0 spiro atoms. The number of rotatable bonds is 3. The van der Waals surface area contributed by atoms with Crippen LogP contribution in [0.2, 0.25) is 0 Å². The van der Waals surface area contributed by atoms with Crippen LogP contribution in [0.15, 0.2) is 0 Å². The van der Waals surface area contributed by atoms with E-state index in [1.54, 1.807) is 0 Å². The first kappa shape index (κ1) is 6.92. The van der Waals surface area contributed by atoms with E-state index in [9.17, 15) is 0 Å². The lowest BCUT2D eigenvalue weighted by Gasteiger charge is -2.07. The van der Waals surface area contributed by atoms with E-state index in [1.807, 2.05) is 20.9 Å². The number of hydrogen-bond donors (Lipinski definition) is 1. The largest absolute Gasteiger partial charge is 0.364 e. The predicted molar refractivity (Wildman–Crippen MR) is 30.1 cm³/mol. The normalized spacial score (nSPS) is 14.1. The Morgan fingerprint density at radius 2 is 2.29 bits per heavy atom. The average Bonchev–Trinajstić information content (AvgIpc) is 1.68. The highest BCUT2D eigenvalue weighted by atomic mass is 16.5. The molecule has 44 valence electrons. The van der Waals surface area contributed by atoms with E-state index in [1.165, 1.54) is 0 Å². The molecule has 0 aromatic heterocycles. The van der Waals surface area contributed by atoms with E-state index in [0.717, 1.165) is 6.61 Å². The van der Waals surface area contributed by atoms with Crippen molar-refractivity contribution in [2.24, 2.45) is 0 Å². The van der Waals surface area contributed by atoms with Crippen LogP contribution in [-0.4, -0.2) is 19.9 Å². The first-order valence-corrected chi connectivity index (χ1v) is 2.60. The van der Waals surface area contributed by atoms with Gasteiger partial charge < -0.3 is 4.74 Å².